The summed E-state index contributed by atoms with van der Waals surface area (Å²) < 4.78 is 0. The van der Waals surface area contributed by atoms with Gasteiger partial charge in [0.25, 0.3) is 0 Å². The van der Waals surface area contributed by atoms with Crippen LogP contribution in [0.3, 0.4) is 0 Å². The Labute approximate surface area is 105 Å². The summed E-state index contributed by atoms with van der Waals surface area (Å²) in [5, 5.41) is 3.34. The summed E-state index contributed by atoms with van der Waals surface area (Å²) in [6.45, 7) is 4.00. The molecule has 1 saturated heterocycles. The number of aromatic amines is 1. The van der Waals surface area contributed by atoms with Crippen molar-refractivity contribution in [2.45, 2.75) is 26.2 Å². The summed E-state index contributed by atoms with van der Waals surface area (Å²) in [6, 6.07) is 7.77. The molecule has 1 aromatic heterocycles. The molecule has 1 aromatic carbocycles. The molecule has 4 nitrogen and oxygen atoms in total. The van der Waals surface area contributed by atoms with Crippen LogP contribution in [0.5, 0.6) is 0 Å². The smallest absolute Gasteiger partial charge is 0.234 e. The van der Waals surface area contributed by atoms with Gasteiger partial charge in [-0.05, 0) is 11.6 Å². The van der Waals surface area contributed by atoms with Crippen LogP contribution in [0.2, 0.25) is 0 Å². The average Bonchev–Trinajstić information content (AvgIpc) is 2.95. The second-order valence-corrected chi connectivity index (χ2v) is 3.96. The number of carbonyl (C=O) groups is 2. The quantitative estimate of drug-likeness (QED) is 0.756. The monoisotopic (exact) mass is 244 g/mol. The predicted molar refractivity (Wildman–Crippen MR) is 70.2 cm³/mol. The van der Waals surface area contributed by atoms with Gasteiger partial charge in [0.05, 0.1) is 5.92 Å². The number of hydrogen-bond donors (Lipinski definition) is 2. The summed E-state index contributed by atoms with van der Waals surface area (Å²) in [7, 11) is 0. The fourth-order valence-electron chi connectivity index (χ4n) is 2.19. The highest BCUT2D eigenvalue weighted by atomic mass is 16.2. The van der Waals surface area contributed by atoms with Crippen molar-refractivity contribution in [3.05, 3.63) is 36.0 Å². The van der Waals surface area contributed by atoms with Crippen LogP contribution in [0.1, 0.15) is 31.7 Å². The molecule has 3 rings (SSSR count). The van der Waals surface area contributed by atoms with Crippen molar-refractivity contribution < 1.29 is 9.59 Å². The summed E-state index contributed by atoms with van der Waals surface area (Å²) in [6.07, 6.45) is 2.06. The molecule has 2 N–H and O–H groups in total. The largest absolute Gasteiger partial charge is 0.361 e. The molecule has 1 aliphatic heterocycles. The number of para-hydroxylation sites is 1. The number of aromatic nitrogens is 1. The van der Waals surface area contributed by atoms with E-state index in [1.807, 2.05) is 44.3 Å². The lowest BCUT2D eigenvalue weighted by Crippen LogP contribution is -2.21. The highest BCUT2D eigenvalue weighted by molar-refractivity contribution is 6.07. The number of carbonyl (C=O) groups excluding carboxylic acids is 2. The Kier molecular flexibility index (Phi) is 3.46. The Morgan fingerprint density at radius 2 is 1.89 bits per heavy atom. The van der Waals surface area contributed by atoms with Crippen LogP contribution in [0.4, 0.5) is 0 Å². The van der Waals surface area contributed by atoms with Gasteiger partial charge in [-0.3, -0.25) is 14.9 Å². The second kappa shape index (κ2) is 5.04. The van der Waals surface area contributed by atoms with Gasteiger partial charge < -0.3 is 4.98 Å². The average molecular weight is 244 g/mol. The summed E-state index contributed by atoms with van der Waals surface area (Å²) in [4.78, 5) is 25.8. The lowest BCUT2D eigenvalue weighted by atomic mass is 9.97. The lowest BCUT2D eigenvalue weighted by molar-refractivity contribution is -0.125. The first-order valence-electron chi connectivity index (χ1n) is 6.15. The van der Waals surface area contributed by atoms with Gasteiger partial charge in [-0.25, -0.2) is 0 Å². The van der Waals surface area contributed by atoms with E-state index in [0.717, 1.165) is 16.5 Å². The van der Waals surface area contributed by atoms with Gasteiger partial charge in [-0.2, -0.15) is 0 Å². The van der Waals surface area contributed by atoms with Crippen molar-refractivity contribution in [2.24, 2.45) is 0 Å². The molecule has 0 saturated carbocycles. The summed E-state index contributed by atoms with van der Waals surface area (Å²) >= 11 is 0. The van der Waals surface area contributed by atoms with Crippen LogP contribution >= 0.6 is 0 Å². The number of hydrogen-bond acceptors (Lipinski definition) is 2. The van der Waals surface area contributed by atoms with E-state index < -0.39 is 0 Å². The number of nitrogens with one attached hydrogen (secondary N) is 2. The van der Waals surface area contributed by atoms with E-state index in [0.29, 0.717) is 0 Å². The van der Waals surface area contributed by atoms with Crippen molar-refractivity contribution in [1.82, 2.24) is 10.3 Å². The summed E-state index contributed by atoms with van der Waals surface area (Å²) in [5.74, 6) is -0.737. The SMILES string of the molecule is CC.O=C1CC(c2c[nH]c3ccccc23)C(=O)N1. The van der Waals surface area contributed by atoms with Gasteiger partial charge in [0.2, 0.25) is 11.8 Å². The van der Waals surface area contributed by atoms with E-state index in [1.165, 1.54) is 0 Å². The molecule has 1 aliphatic rings. The molecule has 0 radical (unpaired) electrons. The maximum absolute atomic E-state index is 11.6. The molecule has 4 heteroatoms. The third-order valence-electron chi connectivity index (χ3n) is 2.97. The Bertz CT molecular complexity index is 586. The van der Waals surface area contributed by atoms with Gasteiger partial charge in [0.1, 0.15) is 0 Å². The number of imide groups is 1. The topological polar surface area (TPSA) is 62.0 Å². The standard InChI is InChI=1S/C12H10N2O2.C2H6/c15-11-5-8(12(16)14-11)9-6-13-10-4-2-1-3-7(9)10;1-2/h1-4,6,8,13H,5H2,(H,14,15,16);1-2H3. The van der Waals surface area contributed by atoms with Crippen LogP contribution in [0, 0.1) is 0 Å². The Morgan fingerprint density at radius 3 is 2.56 bits per heavy atom. The molecule has 0 spiro atoms. The molecule has 2 heterocycles. The van der Waals surface area contributed by atoms with E-state index in [2.05, 4.69) is 10.3 Å². The third-order valence-corrected chi connectivity index (χ3v) is 2.97. The molecule has 0 bridgehead atoms. The predicted octanol–water partition coefficient (Wildman–Crippen LogP) is 2.32. The molecule has 1 atom stereocenters. The van der Waals surface area contributed by atoms with Crippen LogP contribution in [0.15, 0.2) is 30.5 Å². The minimum Gasteiger partial charge on any atom is -0.361 e. The normalized spacial score (nSPS) is 18.4. The molecular formula is C14H16N2O2. The molecule has 2 aromatic rings. The fourth-order valence-corrected chi connectivity index (χ4v) is 2.19. The maximum atomic E-state index is 11.6. The molecule has 2 amide bonds. The van der Waals surface area contributed by atoms with Gasteiger partial charge in [-0.1, -0.05) is 32.0 Å². The Hall–Kier alpha value is -2.10. The second-order valence-electron chi connectivity index (χ2n) is 3.96. The van der Waals surface area contributed by atoms with Crippen molar-refractivity contribution in [2.75, 3.05) is 0 Å². The Balaban J connectivity index is 0.000000574. The van der Waals surface area contributed by atoms with E-state index in [4.69, 9.17) is 0 Å². The third kappa shape index (κ3) is 2.01. The minimum atomic E-state index is -0.344. The van der Waals surface area contributed by atoms with Gasteiger partial charge in [0.15, 0.2) is 0 Å². The lowest BCUT2D eigenvalue weighted by Gasteiger charge is -2.03. The minimum absolute atomic E-state index is 0.194. The van der Waals surface area contributed by atoms with Crippen LogP contribution < -0.4 is 5.32 Å². The fraction of sp³-hybridized carbons (Fsp3) is 0.286. The van der Waals surface area contributed by atoms with Gasteiger partial charge >= 0.3 is 0 Å². The number of H-pyrrole nitrogens is 1. The van der Waals surface area contributed by atoms with Crippen molar-refractivity contribution in [3.8, 4) is 0 Å². The van der Waals surface area contributed by atoms with Crippen LogP contribution in [-0.2, 0) is 9.59 Å². The van der Waals surface area contributed by atoms with Crippen molar-refractivity contribution >= 4 is 22.7 Å². The highest BCUT2D eigenvalue weighted by Crippen LogP contribution is 2.30. The van der Waals surface area contributed by atoms with E-state index in [-0.39, 0.29) is 24.2 Å². The maximum Gasteiger partial charge on any atom is 0.234 e. The number of amides is 2. The summed E-state index contributed by atoms with van der Waals surface area (Å²) in [5.41, 5.74) is 1.89. The molecule has 1 unspecified atom stereocenters. The molecule has 1 fully saturated rings. The van der Waals surface area contributed by atoms with Gasteiger partial charge in [-0.15, -0.1) is 0 Å². The number of benzene rings is 1. The zero-order valence-corrected chi connectivity index (χ0v) is 10.5. The van der Waals surface area contributed by atoms with Crippen molar-refractivity contribution in [1.29, 1.82) is 0 Å². The molecule has 18 heavy (non-hydrogen) atoms. The Morgan fingerprint density at radius 1 is 1.17 bits per heavy atom. The zero-order valence-electron chi connectivity index (χ0n) is 10.5. The molecule has 94 valence electrons. The van der Waals surface area contributed by atoms with E-state index >= 15 is 0 Å². The van der Waals surface area contributed by atoms with Gasteiger partial charge in [0, 0.05) is 23.5 Å². The highest BCUT2D eigenvalue weighted by Gasteiger charge is 2.33. The van der Waals surface area contributed by atoms with Crippen molar-refractivity contribution in [3.63, 3.8) is 0 Å². The molecule has 0 aliphatic carbocycles. The molecular weight excluding hydrogens is 228 g/mol. The van der Waals surface area contributed by atoms with Crippen LogP contribution in [0.25, 0.3) is 10.9 Å². The van der Waals surface area contributed by atoms with Crippen LogP contribution in [-0.4, -0.2) is 16.8 Å². The first kappa shape index (κ1) is 12.4. The number of fused-ring (bicyclic) bond motifs is 1. The first-order valence-corrected chi connectivity index (χ1v) is 6.15. The zero-order chi connectivity index (χ0) is 13.1. The van der Waals surface area contributed by atoms with E-state index in [9.17, 15) is 9.59 Å². The first-order chi connectivity index (χ1) is 8.75. The number of rotatable bonds is 1. The van der Waals surface area contributed by atoms with E-state index in [1.54, 1.807) is 0 Å².